The highest BCUT2D eigenvalue weighted by atomic mass is 16.4. The van der Waals surface area contributed by atoms with Crippen LogP contribution in [0.15, 0.2) is 12.2 Å². The molecule has 0 radical (unpaired) electrons. The van der Waals surface area contributed by atoms with Crippen LogP contribution in [0.2, 0.25) is 0 Å². The fraction of sp³-hybridized carbons (Fsp3) is 0.733. The number of carboxylic acids is 1. The Morgan fingerprint density at radius 3 is 2.26 bits per heavy atom. The summed E-state index contributed by atoms with van der Waals surface area (Å²) >= 11 is 0. The van der Waals surface area contributed by atoms with Crippen LogP contribution < -0.4 is 0 Å². The molecule has 0 aromatic heterocycles. The molecule has 0 saturated heterocycles. The Morgan fingerprint density at radius 1 is 1.11 bits per heavy atom. The normalized spacial score (nSPS) is 36.9. The van der Waals surface area contributed by atoms with Crippen LogP contribution in [-0.4, -0.2) is 35.0 Å². The maximum absolute atomic E-state index is 12.7. The second-order valence-corrected chi connectivity index (χ2v) is 6.23. The second-order valence-electron chi connectivity index (χ2n) is 6.23. The molecule has 0 aliphatic heterocycles. The summed E-state index contributed by atoms with van der Waals surface area (Å²) in [4.78, 5) is 25.9. The monoisotopic (exact) mass is 263 g/mol. The van der Waals surface area contributed by atoms with Crippen molar-refractivity contribution in [2.45, 2.75) is 38.1 Å². The maximum Gasteiger partial charge on any atom is 0.307 e. The molecule has 0 spiro atoms. The van der Waals surface area contributed by atoms with E-state index in [0.717, 1.165) is 19.3 Å². The van der Waals surface area contributed by atoms with Crippen LogP contribution in [-0.2, 0) is 9.59 Å². The smallest absolute Gasteiger partial charge is 0.307 e. The lowest BCUT2D eigenvalue weighted by Crippen LogP contribution is -2.44. The lowest BCUT2D eigenvalue weighted by Gasteiger charge is -2.32. The van der Waals surface area contributed by atoms with Gasteiger partial charge in [-0.3, -0.25) is 9.59 Å². The Balaban J connectivity index is 1.78. The fourth-order valence-electron chi connectivity index (χ4n) is 4.20. The first kappa shape index (κ1) is 12.7. The van der Waals surface area contributed by atoms with Crippen molar-refractivity contribution >= 4 is 11.9 Å². The van der Waals surface area contributed by atoms with E-state index in [2.05, 4.69) is 6.08 Å². The van der Waals surface area contributed by atoms with Gasteiger partial charge in [0.2, 0.25) is 5.91 Å². The molecule has 2 saturated carbocycles. The molecule has 104 valence electrons. The average Bonchev–Trinajstić information content (AvgIpc) is 3.10. The molecule has 3 rings (SSSR count). The molecule has 3 aliphatic rings. The molecule has 19 heavy (non-hydrogen) atoms. The summed E-state index contributed by atoms with van der Waals surface area (Å²) in [5.41, 5.74) is 0. The number of carboxylic acid groups (broad SMARTS) is 1. The van der Waals surface area contributed by atoms with Crippen molar-refractivity contribution in [3.63, 3.8) is 0 Å². The van der Waals surface area contributed by atoms with Crippen molar-refractivity contribution in [3.05, 3.63) is 12.2 Å². The molecule has 2 unspecified atom stereocenters. The highest BCUT2D eigenvalue weighted by Crippen LogP contribution is 2.49. The highest BCUT2D eigenvalue weighted by molar-refractivity contribution is 5.87. The summed E-state index contributed by atoms with van der Waals surface area (Å²) in [6, 6.07) is 0.324. The molecule has 0 aromatic carbocycles. The topological polar surface area (TPSA) is 57.6 Å². The van der Waals surface area contributed by atoms with Gasteiger partial charge >= 0.3 is 5.97 Å². The summed E-state index contributed by atoms with van der Waals surface area (Å²) in [5, 5.41) is 9.40. The Kier molecular flexibility index (Phi) is 3.11. The molecule has 4 heteroatoms. The third-order valence-corrected chi connectivity index (χ3v) is 5.25. The van der Waals surface area contributed by atoms with Crippen LogP contribution in [0.4, 0.5) is 0 Å². The Bertz CT molecular complexity index is 425. The molecule has 1 amide bonds. The minimum absolute atomic E-state index is 0.0520. The minimum Gasteiger partial charge on any atom is -0.481 e. The average molecular weight is 263 g/mol. The Morgan fingerprint density at radius 2 is 1.68 bits per heavy atom. The molecule has 4 atom stereocenters. The largest absolute Gasteiger partial charge is 0.481 e. The first-order chi connectivity index (χ1) is 9.09. The van der Waals surface area contributed by atoms with Gasteiger partial charge in [-0.1, -0.05) is 25.0 Å². The van der Waals surface area contributed by atoms with E-state index >= 15 is 0 Å². The molecular weight excluding hydrogens is 242 g/mol. The van der Waals surface area contributed by atoms with E-state index in [1.165, 1.54) is 12.8 Å². The van der Waals surface area contributed by atoms with Crippen molar-refractivity contribution < 1.29 is 14.7 Å². The predicted molar refractivity (Wildman–Crippen MR) is 70.4 cm³/mol. The number of aliphatic carboxylic acids is 1. The van der Waals surface area contributed by atoms with E-state index in [-0.39, 0.29) is 23.7 Å². The Labute approximate surface area is 113 Å². The summed E-state index contributed by atoms with van der Waals surface area (Å²) in [6.07, 6.45) is 9.37. The number of fused-ring (bicyclic) bond motifs is 2. The fourth-order valence-corrected chi connectivity index (χ4v) is 4.20. The first-order valence-corrected chi connectivity index (χ1v) is 7.27. The van der Waals surface area contributed by atoms with Crippen LogP contribution >= 0.6 is 0 Å². The zero-order valence-electron chi connectivity index (χ0n) is 11.3. The summed E-state index contributed by atoms with van der Waals surface area (Å²) in [7, 11) is 1.85. The minimum atomic E-state index is -0.810. The molecule has 3 aliphatic carbocycles. The lowest BCUT2D eigenvalue weighted by molar-refractivity contribution is -0.151. The molecule has 0 heterocycles. The van der Waals surface area contributed by atoms with Crippen molar-refractivity contribution in [3.8, 4) is 0 Å². The number of carbonyl (C=O) groups excluding carboxylic acids is 1. The molecule has 4 nitrogen and oxygen atoms in total. The molecule has 0 aromatic rings. The van der Waals surface area contributed by atoms with Crippen LogP contribution in [0.25, 0.3) is 0 Å². The number of amides is 1. The summed E-state index contributed by atoms with van der Waals surface area (Å²) < 4.78 is 0. The van der Waals surface area contributed by atoms with Gasteiger partial charge in [0.15, 0.2) is 0 Å². The van der Waals surface area contributed by atoms with Crippen molar-refractivity contribution in [2.75, 3.05) is 7.05 Å². The van der Waals surface area contributed by atoms with Gasteiger partial charge in [-0.05, 0) is 31.1 Å². The molecule has 2 fully saturated rings. The standard InChI is InChI=1S/C15H21NO3/c1-16(11-4-2-3-5-11)14(17)12-9-6-7-10(8-9)13(12)15(18)19/h6-7,9-13H,2-5,8H2,1H3,(H,18,19)/t9?,10?,12-,13+/m0/s1. The zero-order chi connectivity index (χ0) is 13.6. The van der Waals surface area contributed by atoms with Crippen LogP contribution in [0, 0.1) is 23.7 Å². The van der Waals surface area contributed by atoms with Crippen molar-refractivity contribution in [1.82, 2.24) is 4.90 Å². The van der Waals surface area contributed by atoms with Gasteiger partial charge < -0.3 is 10.0 Å². The number of nitrogens with zero attached hydrogens (tertiary/aromatic N) is 1. The van der Waals surface area contributed by atoms with Gasteiger partial charge in [0.25, 0.3) is 0 Å². The van der Waals surface area contributed by atoms with E-state index in [1.807, 2.05) is 18.0 Å². The van der Waals surface area contributed by atoms with Crippen LogP contribution in [0.5, 0.6) is 0 Å². The number of hydrogen-bond acceptors (Lipinski definition) is 2. The van der Waals surface area contributed by atoms with Crippen LogP contribution in [0.3, 0.4) is 0 Å². The van der Waals surface area contributed by atoms with E-state index in [9.17, 15) is 14.7 Å². The van der Waals surface area contributed by atoms with Gasteiger partial charge in [0.05, 0.1) is 11.8 Å². The molecule has 1 N–H and O–H groups in total. The lowest BCUT2D eigenvalue weighted by atomic mass is 9.82. The number of carbonyl (C=O) groups is 2. The van der Waals surface area contributed by atoms with Crippen molar-refractivity contribution in [1.29, 1.82) is 0 Å². The van der Waals surface area contributed by atoms with Gasteiger partial charge in [-0.25, -0.2) is 0 Å². The van der Waals surface area contributed by atoms with E-state index in [0.29, 0.717) is 6.04 Å². The van der Waals surface area contributed by atoms with E-state index in [1.54, 1.807) is 0 Å². The zero-order valence-corrected chi connectivity index (χ0v) is 11.3. The molecule has 2 bridgehead atoms. The van der Waals surface area contributed by atoms with Gasteiger partial charge in [-0.2, -0.15) is 0 Å². The SMILES string of the molecule is CN(C(=O)[C@H]1C2C=CC(C2)[C@H]1C(=O)O)C1CCCC1. The Hall–Kier alpha value is -1.32. The van der Waals surface area contributed by atoms with Gasteiger partial charge in [-0.15, -0.1) is 0 Å². The number of allylic oxidation sites excluding steroid dienone is 2. The third kappa shape index (κ3) is 1.97. The van der Waals surface area contributed by atoms with Crippen LogP contribution in [0.1, 0.15) is 32.1 Å². The van der Waals surface area contributed by atoms with E-state index in [4.69, 9.17) is 0 Å². The van der Waals surface area contributed by atoms with E-state index < -0.39 is 11.9 Å². The summed E-state index contributed by atoms with van der Waals surface area (Å²) in [6.45, 7) is 0. The predicted octanol–water partition coefficient (Wildman–Crippen LogP) is 1.91. The van der Waals surface area contributed by atoms with Gasteiger partial charge in [0, 0.05) is 13.1 Å². The second kappa shape index (κ2) is 4.66. The van der Waals surface area contributed by atoms with Crippen molar-refractivity contribution in [2.24, 2.45) is 23.7 Å². The molecular formula is C15H21NO3. The number of rotatable bonds is 3. The highest BCUT2D eigenvalue weighted by Gasteiger charge is 2.52. The van der Waals surface area contributed by atoms with Gasteiger partial charge in [0.1, 0.15) is 0 Å². The summed E-state index contributed by atoms with van der Waals surface area (Å²) in [5.74, 6) is -1.40. The number of hydrogen-bond donors (Lipinski definition) is 1. The maximum atomic E-state index is 12.7. The first-order valence-electron chi connectivity index (χ1n) is 7.27. The third-order valence-electron chi connectivity index (χ3n) is 5.25. The quantitative estimate of drug-likeness (QED) is 0.791.